The Balaban J connectivity index is 1.80. The Morgan fingerprint density at radius 1 is 1.23 bits per heavy atom. The number of nitrogens with one attached hydrogen (secondary N) is 2. The Hall–Kier alpha value is -2.04. The molecule has 0 radical (unpaired) electrons. The van der Waals surface area contributed by atoms with Crippen LogP contribution < -0.4 is 16.4 Å². The summed E-state index contributed by atoms with van der Waals surface area (Å²) in [5.74, 6) is 0.166. The van der Waals surface area contributed by atoms with Crippen molar-refractivity contribution in [2.24, 2.45) is 5.92 Å². The van der Waals surface area contributed by atoms with Gasteiger partial charge in [-0.2, -0.15) is 0 Å². The molecule has 0 heterocycles. The van der Waals surface area contributed by atoms with Crippen molar-refractivity contribution >= 4 is 23.2 Å². The summed E-state index contributed by atoms with van der Waals surface area (Å²) in [6.45, 7) is 1.69. The third-order valence-corrected chi connectivity index (χ3v) is 4.19. The van der Waals surface area contributed by atoms with Gasteiger partial charge in [0.05, 0.1) is 11.4 Å². The highest BCUT2D eigenvalue weighted by Gasteiger charge is 2.20. The fourth-order valence-corrected chi connectivity index (χ4v) is 2.87. The number of rotatable bonds is 5. The second kappa shape index (κ2) is 7.82. The molecule has 0 spiro atoms. The number of anilines is 2. The van der Waals surface area contributed by atoms with Crippen molar-refractivity contribution in [3.63, 3.8) is 0 Å². The highest BCUT2D eigenvalue weighted by molar-refractivity contribution is 5.98. The number of carbonyl (C=O) groups excluding carboxylic acids is 2. The van der Waals surface area contributed by atoms with Gasteiger partial charge in [-0.25, -0.2) is 0 Å². The second-order valence-corrected chi connectivity index (χ2v) is 6.07. The number of carbonyl (C=O) groups is 2. The van der Waals surface area contributed by atoms with Gasteiger partial charge in [0.2, 0.25) is 11.8 Å². The summed E-state index contributed by atoms with van der Waals surface area (Å²) in [5, 5.41) is 5.52. The van der Waals surface area contributed by atoms with E-state index in [-0.39, 0.29) is 11.8 Å². The Bertz CT molecular complexity index is 524. The van der Waals surface area contributed by atoms with E-state index in [4.69, 9.17) is 5.73 Å². The lowest BCUT2D eigenvalue weighted by Gasteiger charge is -2.22. The van der Waals surface area contributed by atoms with E-state index < -0.39 is 6.04 Å². The van der Waals surface area contributed by atoms with Crippen molar-refractivity contribution in [2.45, 2.75) is 51.5 Å². The topological polar surface area (TPSA) is 84.2 Å². The molecule has 2 rings (SSSR count). The van der Waals surface area contributed by atoms with Gasteiger partial charge in [-0.1, -0.05) is 31.4 Å². The van der Waals surface area contributed by atoms with Crippen LogP contribution in [0.5, 0.6) is 0 Å². The summed E-state index contributed by atoms with van der Waals surface area (Å²) in [4.78, 5) is 24.1. The van der Waals surface area contributed by atoms with Gasteiger partial charge in [-0.3, -0.25) is 9.59 Å². The molecule has 1 aromatic rings. The zero-order valence-electron chi connectivity index (χ0n) is 13.1. The van der Waals surface area contributed by atoms with Crippen molar-refractivity contribution < 1.29 is 9.59 Å². The van der Waals surface area contributed by atoms with E-state index in [1.54, 1.807) is 31.2 Å². The lowest BCUT2D eigenvalue weighted by Crippen LogP contribution is -2.42. The molecule has 2 amide bonds. The van der Waals surface area contributed by atoms with E-state index in [0.717, 1.165) is 12.8 Å². The molecule has 4 N–H and O–H groups in total. The molecule has 1 aliphatic rings. The maximum atomic E-state index is 12.1. The minimum Gasteiger partial charge on any atom is -0.397 e. The van der Waals surface area contributed by atoms with Crippen molar-refractivity contribution in [1.29, 1.82) is 0 Å². The molecule has 1 saturated carbocycles. The molecular formula is C17H25N3O2. The summed E-state index contributed by atoms with van der Waals surface area (Å²) in [5.41, 5.74) is 6.87. The summed E-state index contributed by atoms with van der Waals surface area (Å²) < 4.78 is 0. The number of hydrogen-bond acceptors (Lipinski definition) is 3. The lowest BCUT2D eigenvalue weighted by molar-refractivity contribution is -0.126. The molecule has 0 aliphatic heterocycles. The highest BCUT2D eigenvalue weighted by atomic mass is 16.2. The van der Waals surface area contributed by atoms with Crippen LogP contribution in [-0.4, -0.2) is 17.9 Å². The first kappa shape index (κ1) is 16.3. The number of nitrogens with two attached hydrogens (primary N) is 1. The maximum Gasteiger partial charge on any atom is 0.246 e. The van der Waals surface area contributed by atoms with Crippen molar-refractivity contribution in [3.8, 4) is 0 Å². The molecule has 0 saturated heterocycles. The van der Waals surface area contributed by atoms with Gasteiger partial charge in [0.15, 0.2) is 0 Å². The van der Waals surface area contributed by atoms with Crippen LogP contribution in [0.3, 0.4) is 0 Å². The van der Waals surface area contributed by atoms with Gasteiger partial charge in [0, 0.05) is 6.42 Å². The van der Waals surface area contributed by atoms with Gasteiger partial charge in [-0.05, 0) is 37.8 Å². The fourth-order valence-electron chi connectivity index (χ4n) is 2.87. The molecule has 1 fully saturated rings. The Kier molecular flexibility index (Phi) is 5.81. The van der Waals surface area contributed by atoms with Crippen LogP contribution >= 0.6 is 0 Å². The zero-order chi connectivity index (χ0) is 15.9. The van der Waals surface area contributed by atoms with E-state index in [9.17, 15) is 9.59 Å². The van der Waals surface area contributed by atoms with Gasteiger partial charge in [0.25, 0.3) is 0 Å². The number of amides is 2. The molecule has 1 unspecified atom stereocenters. The van der Waals surface area contributed by atoms with Crippen LogP contribution in [0.2, 0.25) is 0 Å². The highest BCUT2D eigenvalue weighted by Crippen LogP contribution is 2.26. The predicted molar refractivity (Wildman–Crippen MR) is 88.3 cm³/mol. The predicted octanol–water partition coefficient (Wildman–Crippen LogP) is 2.68. The molecule has 1 aromatic carbocycles. The first-order chi connectivity index (χ1) is 10.6. The summed E-state index contributed by atoms with van der Waals surface area (Å²) >= 11 is 0. The Morgan fingerprint density at radius 3 is 2.59 bits per heavy atom. The number of benzene rings is 1. The Morgan fingerprint density at radius 2 is 1.91 bits per heavy atom. The zero-order valence-corrected chi connectivity index (χ0v) is 13.1. The molecule has 0 aromatic heterocycles. The minimum absolute atomic E-state index is 0.0458. The van der Waals surface area contributed by atoms with Gasteiger partial charge in [0.1, 0.15) is 6.04 Å². The first-order valence-corrected chi connectivity index (χ1v) is 8.01. The average molecular weight is 303 g/mol. The molecular weight excluding hydrogens is 278 g/mol. The summed E-state index contributed by atoms with van der Waals surface area (Å²) in [7, 11) is 0. The fraction of sp³-hybridized carbons (Fsp3) is 0.529. The van der Waals surface area contributed by atoms with Crippen LogP contribution in [0.15, 0.2) is 24.3 Å². The molecule has 120 valence electrons. The van der Waals surface area contributed by atoms with Crippen LogP contribution in [0.1, 0.15) is 45.4 Å². The lowest BCUT2D eigenvalue weighted by atomic mass is 9.87. The first-order valence-electron chi connectivity index (χ1n) is 8.01. The number of para-hydroxylation sites is 2. The molecule has 1 aliphatic carbocycles. The van der Waals surface area contributed by atoms with Crippen LogP contribution in [0.4, 0.5) is 11.4 Å². The number of nitrogen functional groups attached to an aromatic ring is 1. The molecule has 0 bridgehead atoms. The van der Waals surface area contributed by atoms with Crippen molar-refractivity contribution in [3.05, 3.63) is 24.3 Å². The molecule has 1 atom stereocenters. The van der Waals surface area contributed by atoms with Gasteiger partial charge >= 0.3 is 0 Å². The normalized spacial score (nSPS) is 16.8. The largest absolute Gasteiger partial charge is 0.397 e. The van der Waals surface area contributed by atoms with E-state index in [1.807, 2.05) is 0 Å². The average Bonchev–Trinajstić information content (AvgIpc) is 2.50. The maximum absolute atomic E-state index is 12.1. The SMILES string of the molecule is CC(NC(=O)CC1CCCCC1)C(=O)Nc1ccccc1N. The van der Waals surface area contributed by atoms with Crippen molar-refractivity contribution in [2.75, 3.05) is 11.1 Å². The van der Waals surface area contributed by atoms with E-state index in [2.05, 4.69) is 10.6 Å². The quantitative estimate of drug-likeness (QED) is 0.731. The van der Waals surface area contributed by atoms with E-state index in [1.165, 1.54) is 19.3 Å². The van der Waals surface area contributed by atoms with Gasteiger partial charge in [-0.15, -0.1) is 0 Å². The number of hydrogen-bond donors (Lipinski definition) is 3. The third kappa shape index (κ3) is 4.76. The third-order valence-electron chi connectivity index (χ3n) is 4.19. The minimum atomic E-state index is -0.573. The smallest absolute Gasteiger partial charge is 0.246 e. The molecule has 22 heavy (non-hydrogen) atoms. The standard InChI is InChI=1S/C17H25N3O2/c1-12(17(22)20-15-10-6-5-9-14(15)18)19-16(21)11-13-7-3-2-4-8-13/h5-6,9-10,12-13H,2-4,7-8,11,18H2,1H3,(H,19,21)(H,20,22). The summed E-state index contributed by atoms with van der Waals surface area (Å²) in [6.07, 6.45) is 6.45. The molecule has 5 nitrogen and oxygen atoms in total. The van der Waals surface area contributed by atoms with Crippen molar-refractivity contribution in [1.82, 2.24) is 5.32 Å². The van der Waals surface area contributed by atoms with Crippen LogP contribution in [0, 0.1) is 5.92 Å². The molecule has 5 heteroatoms. The van der Waals surface area contributed by atoms with Gasteiger partial charge < -0.3 is 16.4 Å². The van der Waals surface area contributed by atoms with E-state index in [0.29, 0.717) is 23.7 Å². The van der Waals surface area contributed by atoms with E-state index >= 15 is 0 Å². The summed E-state index contributed by atoms with van der Waals surface area (Å²) in [6, 6.07) is 6.50. The second-order valence-electron chi connectivity index (χ2n) is 6.07. The van der Waals surface area contributed by atoms with Crippen LogP contribution in [-0.2, 0) is 9.59 Å². The van der Waals surface area contributed by atoms with Crippen LogP contribution in [0.25, 0.3) is 0 Å². The Labute approximate surface area is 131 Å². The monoisotopic (exact) mass is 303 g/mol.